The molecular formula is C16H26N2O. The summed E-state index contributed by atoms with van der Waals surface area (Å²) in [4.78, 5) is 12.0. The van der Waals surface area contributed by atoms with Crippen LogP contribution in [0, 0.1) is 0 Å². The molecule has 1 aromatic carbocycles. The van der Waals surface area contributed by atoms with Gasteiger partial charge in [-0.05, 0) is 23.5 Å². The van der Waals surface area contributed by atoms with Gasteiger partial charge >= 0.3 is 0 Å². The van der Waals surface area contributed by atoms with Gasteiger partial charge in [0.25, 0.3) is 0 Å². The Morgan fingerprint density at radius 3 is 2.53 bits per heavy atom. The van der Waals surface area contributed by atoms with Crippen molar-refractivity contribution in [3.8, 4) is 0 Å². The predicted molar refractivity (Wildman–Crippen MR) is 81.3 cm³/mol. The van der Waals surface area contributed by atoms with Crippen LogP contribution in [-0.2, 0) is 10.2 Å². The first kappa shape index (κ1) is 15.7. The topological polar surface area (TPSA) is 55.1 Å². The number of hydrogen-bond acceptors (Lipinski definition) is 2. The zero-order valence-electron chi connectivity index (χ0n) is 12.5. The monoisotopic (exact) mass is 262 g/mol. The molecule has 3 heteroatoms. The third kappa shape index (κ3) is 5.03. The van der Waals surface area contributed by atoms with Crippen LogP contribution < -0.4 is 11.1 Å². The largest absolute Gasteiger partial charge is 0.327 e. The number of carbonyl (C=O) groups excluding carboxylic acids is 1. The number of hydrogen-bond donors (Lipinski definition) is 2. The minimum atomic E-state index is -0.0493. The van der Waals surface area contributed by atoms with Gasteiger partial charge in [-0.15, -0.1) is 0 Å². The van der Waals surface area contributed by atoms with Crippen LogP contribution in [0.3, 0.4) is 0 Å². The summed E-state index contributed by atoms with van der Waals surface area (Å²) in [6.07, 6.45) is 2.27. The van der Waals surface area contributed by atoms with E-state index in [-0.39, 0.29) is 17.4 Å². The third-order valence-corrected chi connectivity index (χ3v) is 3.12. The molecule has 3 nitrogen and oxygen atoms in total. The number of nitrogens with one attached hydrogen (secondary N) is 1. The predicted octanol–water partition coefficient (Wildman–Crippen LogP) is 3.44. The summed E-state index contributed by atoms with van der Waals surface area (Å²) in [5, 5.41) is 2.99. The molecule has 0 aromatic heterocycles. The van der Waals surface area contributed by atoms with Crippen LogP contribution in [0.2, 0.25) is 0 Å². The van der Waals surface area contributed by atoms with Crippen LogP contribution in [0.4, 0.5) is 5.69 Å². The molecule has 1 unspecified atom stereocenters. The van der Waals surface area contributed by atoms with Gasteiger partial charge in [0.2, 0.25) is 5.91 Å². The Morgan fingerprint density at radius 2 is 1.95 bits per heavy atom. The molecule has 19 heavy (non-hydrogen) atoms. The second kappa shape index (κ2) is 6.71. The van der Waals surface area contributed by atoms with Gasteiger partial charge in [0, 0.05) is 18.2 Å². The lowest BCUT2D eigenvalue weighted by Crippen LogP contribution is -2.27. The quantitative estimate of drug-likeness (QED) is 0.854. The summed E-state index contributed by atoms with van der Waals surface area (Å²) >= 11 is 0. The van der Waals surface area contributed by atoms with E-state index < -0.39 is 0 Å². The van der Waals surface area contributed by atoms with E-state index in [4.69, 9.17) is 5.73 Å². The summed E-state index contributed by atoms with van der Waals surface area (Å²) < 4.78 is 0. The first-order valence-corrected chi connectivity index (χ1v) is 6.99. The van der Waals surface area contributed by atoms with Crippen LogP contribution in [0.25, 0.3) is 0 Å². The average Bonchev–Trinajstić information content (AvgIpc) is 2.28. The molecule has 0 radical (unpaired) electrons. The SMILES string of the molecule is CCCC(N)CC(=O)Nc1ccccc1C(C)(C)C. The maximum Gasteiger partial charge on any atom is 0.225 e. The maximum atomic E-state index is 12.0. The fourth-order valence-corrected chi connectivity index (χ4v) is 2.16. The van der Waals surface area contributed by atoms with E-state index in [1.165, 1.54) is 0 Å². The molecule has 1 aromatic rings. The Morgan fingerprint density at radius 1 is 1.32 bits per heavy atom. The normalized spacial score (nSPS) is 13.1. The number of para-hydroxylation sites is 1. The van der Waals surface area contributed by atoms with Gasteiger partial charge in [0.1, 0.15) is 0 Å². The van der Waals surface area contributed by atoms with Crippen LogP contribution >= 0.6 is 0 Å². The fraction of sp³-hybridized carbons (Fsp3) is 0.562. The Balaban J connectivity index is 2.75. The molecule has 0 spiro atoms. The average molecular weight is 262 g/mol. The molecule has 0 fully saturated rings. The van der Waals surface area contributed by atoms with E-state index in [0.717, 1.165) is 24.1 Å². The Labute approximate surface area is 116 Å². The van der Waals surface area contributed by atoms with E-state index in [2.05, 4.69) is 39.1 Å². The van der Waals surface area contributed by atoms with Crippen molar-refractivity contribution in [3.63, 3.8) is 0 Å². The summed E-state index contributed by atoms with van der Waals surface area (Å²) in [5.74, 6) is -0.00218. The van der Waals surface area contributed by atoms with E-state index in [9.17, 15) is 4.79 Å². The van der Waals surface area contributed by atoms with Crippen molar-refractivity contribution in [2.24, 2.45) is 5.73 Å². The summed E-state index contributed by atoms with van der Waals surface area (Å²) in [5.41, 5.74) is 7.95. The number of benzene rings is 1. The fourth-order valence-electron chi connectivity index (χ4n) is 2.16. The van der Waals surface area contributed by atoms with Crippen molar-refractivity contribution in [1.29, 1.82) is 0 Å². The van der Waals surface area contributed by atoms with E-state index in [1.54, 1.807) is 0 Å². The highest BCUT2D eigenvalue weighted by Crippen LogP contribution is 2.29. The second-order valence-electron chi connectivity index (χ2n) is 6.10. The summed E-state index contributed by atoms with van der Waals surface area (Å²) in [6, 6.07) is 7.90. The second-order valence-corrected chi connectivity index (χ2v) is 6.10. The van der Waals surface area contributed by atoms with Crippen molar-refractivity contribution < 1.29 is 4.79 Å². The number of amides is 1. The highest BCUT2D eigenvalue weighted by molar-refractivity contribution is 5.92. The van der Waals surface area contributed by atoms with E-state index in [1.807, 2.05) is 18.2 Å². The molecule has 0 aliphatic rings. The van der Waals surface area contributed by atoms with Crippen molar-refractivity contribution in [2.75, 3.05) is 5.32 Å². The summed E-state index contributed by atoms with van der Waals surface area (Å²) in [7, 11) is 0. The number of carbonyl (C=O) groups is 1. The van der Waals surface area contributed by atoms with Crippen LogP contribution in [0.5, 0.6) is 0 Å². The van der Waals surface area contributed by atoms with Gasteiger partial charge in [-0.3, -0.25) is 4.79 Å². The highest BCUT2D eigenvalue weighted by atomic mass is 16.1. The van der Waals surface area contributed by atoms with Crippen LogP contribution in [0.1, 0.15) is 52.5 Å². The summed E-state index contributed by atoms with van der Waals surface area (Å²) in [6.45, 7) is 8.50. The van der Waals surface area contributed by atoms with Crippen LogP contribution in [-0.4, -0.2) is 11.9 Å². The molecular weight excluding hydrogens is 236 g/mol. The lowest BCUT2D eigenvalue weighted by atomic mass is 9.86. The van der Waals surface area contributed by atoms with Gasteiger partial charge in [0.15, 0.2) is 0 Å². The zero-order chi connectivity index (χ0) is 14.5. The van der Waals surface area contributed by atoms with E-state index >= 15 is 0 Å². The van der Waals surface area contributed by atoms with Crippen molar-refractivity contribution in [1.82, 2.24) is 0 Å². The molecule has 1 rings (SSSR count). The van der Waals surface area contributed by atoms with Crippen molar-refractivity contribution >= 4 is 11.6 Å². The smallest absolute Gasteiger partial charge is 0.225 e. The molecule has 0 bridgehead atoms. The Hall–Kier alpha value is -1.35. The molecule has 0 aliphatic heterocycles. The number of rotatable bonds is 5. The van der Waals surface area contributed by atoms with Gasteiger partial charge in [0.05, 0.1) is 0 Å². The van der Waals surface area contributed by atoms with Crippen molar-refractivity contribution in [2.45, 2.75) is 58.4 Å². The molecule has 3 N–H and O–H groups in total. The first-order chi connectivity index (χ1) is 8.84. The number of nitrogens with two attached hydrogens (primary N) is 1. The lowest BCUT2D eigenvalue weighted by molar-refractivity contribution is -0.116. The molecule has 1 amide bonds. The molecule has 0 saturated heterocycles. The first-order valence-electron chi connectivity index (χ1n) is 6.99. The Bertz CT molecular complexity index is 421. The molecule has 0 saturated carbocycles. The minimum Gasteiger partial charge on any atom is -0.327 e. The molecule has 1 atom stereocenters. The molecule has 0 aliphatic carbocycles. The van der Waals surface area contributed by atoms with Gasteiger partial charge in [-0.2, -0.15) is 0 Å². The zero-order valence-corrected chi connectivity index (χ0v) is 12.5. The lowest BCUT2D eigenvalue weighted by Gasteiger charge is -2.23. The minimum absolute atomic E-state index is 0.00218. The van der Waals surface area contributed by atoms with Gasteiger partial charge in [-0.25, -0.2) is 0 Å². The van der Waals surface area contributed by atoms with Crippen molar-refractivity contribution in [3.05, 3.63) is 29.8 Å². The van der Waals surface area contributed by atoms with Gasteiger partial charge < -0.3 is 11.1 Å². The standard InChI is InChI=1S/C16H26N2O/c1-5-8-12(17)11-15(19)18-14-10-7-6-9-13(14)16(2,3)4/h6-7,9-10,12H,5,8,11,17H2,1-4H3,(H,18,19). The third-order valence-electron chi connectivity index (χ3n) is 3.12. The number of anilines is 1. The maximum absolute atomic E-state index is 12.0. The molecule has 106 valence electrons. The van der Waals surface area contributed by atoms with Gasteiger partial charge in [-0.1, -0.05) is 52.3 Å². The Kier molecular flexibility index (Phi) is 5.55. The van der Waals surface area contributed by atoms with Crippen LogP contribution in [0.15, 0.2) is 24.3 Å². The molecule has 0 heterocycles. The van der Waals surface area contributed by atoms with E-state index in [0.29, 0.717) is 6.42 Å². The highest BCUT2D eigenvalue weighted by Gasteiger charge is 2.19.